The molecule has 2 aromatic heterocycles. The normalized spacial score (nSPS) is 21.3. The third-order valence-corrected chi connectivity index (χ3v) is 3.49. The molecule has 1 N–H and O–H groups in total. The first-order valence-electron chi connectivity index (χ1n) is 5.21. The summed E-state index contributed by atoms with van der Waals surface area (Å²) < 4.78 is 3.20. The van der Waals surface area contributed by atoms with Crippen LogP contribution < -0.4 is 5.32 Å². The van der Waals surface area contributed by atoms with Gasteiger partial charge in [-0.1, -0.05) is 6.07 Å². The highest BCUT2D eigenvalue weighted by atomic mass is 79.9. The smallest absolute Gasteiger partial charge is 0.137 e. The molecule has 3 heterocycles. The largest absolute Gasteiger partial charge is 0.309 e. The average Bonchev–Trinajstić information content (AvgIpc) is 2.88. The van der Waals surface area contributed by atoms with Crippen LogP contribution in [0, 0.1) is 0 Å². The lowest BCUT2D eigenvalue weighted by Gasteiger charge is -2.13. The molecule has 0 aliphatic carbocycles. The molecular formula is C11H12BrN3. The Labute approximate surface area is 96.6 Å². The Balaban J connectivity index is 2.19. The van der Waals surface area contributed by atoms with E-state index in [4.69, 9.17) is 0 Å². The van der Waals surface area contributed by atoms with Gasteiger partial charge in [0.1, 0.15) is 10.3 Å². The topological polar surface area (TPSA) is 29.3 Å². The minimum Gasteiger partial charge on any atom is -0.309 e. The van der Waals surface area contributed by atoms with Crippen molar-refractivity contribution in [3.8, 4) is 0 Å². The van der Waals surface area contributed by atoms with Gasteiger partial charge in [0.15, 0.2) is 0 Å². The molecule has 0 saturated carbocycles. The monoisotopic (exact) mass is 265 g/mol. The molecule has 1 saturated heterocycles. The summed E-state index contributed by atoms with van der Waals surface area (Å²) in [7, 11) is 0. The van der Waals surface area contributed by atoms with Crippen molar-refractivity contribution in [1.82, 2.24) is 14.7 Å². The molecule has 1 unspecified atom stereocenters. The number of hydrogen-bond acceptors (Lipinski definition) is 2. The second kappa shape index (κ2) is 3.61. The maximum Gasteiger partial charge on any atom is 0.137 e. The molecule has 1 aliphatic heterocycles. The van der Waals surface area contributed by atoms with Gasteiger partial charge >= 0.3 is 0 Å². The van der Waals surface area contributed by atoms with Crippen LogP contribution in [-0.4, -0.2) is 15.9 Å². The molecule has 1 atom stereocenters. The van der Waals surface area contributed by atoms with E-state index in [1.165, 1.54) is 18.5 Å². The van der Waals surface area contributed by atoms with Crippen LogP contribution in [-0.2, 0) is 0 Å². The van der Waals surface area contributed by atoms with E-state index in [0.29, 0.717) is 6.04 Å². The van der Waals surface area contributed by atoms with Crippen molar-refractivity contribution < 1.29 is 0 Å². The number of nitrogens with zero attached hydrogens (tertiary/aromatic N) is 2. The highest BCUT2D eigenvalue weighted by molar-refractivity contribution is 9.10. The summed E-state index contributed by atoms with van der Waals surface area (Å²) >= 11 is 3.54. The lowest BCUT2D eigenvalue weighted by atomic mass is 10.1. The van der Waals surface area contributed by atoms with Crippen molar-refractivity contribution in [3.05, 3.63) is 34.7 Å². The molecule has 3 nitrogen and oxygen atoms in total. The number of nitrogens with one attached hydrogen (secondary N) is 1. The van der Waals surface area contributed by atoms with Crippen LogP contribution in [0.5, 0.6) is 0 Å². The summed E-state index contributed by atoms with van der Waals surface area (Å²) in [4.78, 5) is 4.34. The van der Waals surface area contributed by atoms with Crippen molar-refractivity contribution in [3.63, 3.8) is 0 Å². The highest BCUT2D eigenvalue weighted by Crippen LogP contribution is 2.26. The number of imidazole rings is 1. The molecular weight excluding hydrogens is 254 g/mol. The van der Waals surface area contributed by atoms with Gasteiger partial charge in [0.2, 0.25) is 0 Å². The van der Waals surface area contributed by atoms with Crippen molar-refractivity contribution in [2.24, 2.45) is 0 Å². The third kappa shape index (κ3) is 1.48. The summed E-state index contributed by atoms with van der Waals surface area (Å²) in [5, 5.41) is 3.51. The Kier molecular flexibility index (Phi) is 2.25. The Morgan fingerprint density at radius 1 is 1.47 bits per heavy atom. The van der Waals surface area contributed by atoms with Gasteiger partial charge < -0.3 is 5.32 Å². The predicted octanol–water partition coefficient (Wildman–Crippen LogP) is 2.52. The number of hydrogen-bond donors (Lipinski definition) is 1. The van der Waals surface area contributed by atoms with Crippen LogP contribution in [0.2, 0.25) is 0 Å². The van der Waals surface area contributed by atoms with E-state index in [1.807, 2.05) is 12.3 Å². The van der Waals surface area contributed by atoms with Crippen molar-refractivity contribution in [1.29, 1.82) is 0 Å². The molecule has 4 heteroatoms. The lowest BCUT2D eigenvalue weighted by molar-refractivity contribution is 0.618. The van der Waals surface area contributed by atoms with Gasteiger partial charge in [0.25, 0.3) is 0 Å². The van der Waals surface area contributed by atoms with Crippen LogP contribution in [0.3, 0.4) is 0 Å². The van der Waals surface area contributed by atoms with Crippen molar-refractivity contribution in [2.45, 2.75) is 18.9 Å². The zero-order valence-electron chi connectivity index (χ0n) is 8.28. The van der Waals surface area contributed by atoms with Gasteiger partial charge in [-0.15, -0.1) is 0 Å². The summed E-state index contributed by atoms with van der Waals surface area (Å²) in [5.74, 6) is 0. The number of halogens is 1. The first kappa shape index (κ1) is 9.36. The van der Waals surface area contributed by atoms with E-state index in [0.717, 1.165) is 16.8 Å². The lowest BCUT2D eigenvalue weighted by Crippen LogP contribution is -2.15. The fourth-order valence-electron chi connectivity index (χ4n) is 2.23. The quantitative estimate of drug-likeness (QED) is 0.859. The maximum absolute atomic E-state index is 4.34. The van der Waals surface area contributed by atoms with Crippen LogP contribution in [0.15, 0.2) is 29.0 Å². The second-order valence-corrected chi connectivity index (χ2v) is 4.69. The average molecular weight is 266 g/mol. The summed E-state index contributed by atoms with van der Waals surface area (Å²) in [6.45, 7) is 1.12. The Bertz CT molecular complexity index is 486. The zero-order chi connectivity index (χ0) is 10.3. The number of aromatic nitrogens is 2. The molecule has 1 aliphatic rings. The highest BCUT2D eigenvalue weighted by Gasteiger charge is 2.19. The van der Waals surface area contributed by atoms with Gasteiger partial charge in [-0.3, -0.25) is 4.40 Å². The van der Waals surface area contributed by atoms with E-state index in [2.05, 4.69) is 42.8 Å². The summed E-state index contributed by atoms with van der Waals surface area (Å²) in [6, 6.07) is 6.75. The van der Waals surface area contributed by atoms with Crippen LogP contribution in [0.4, 0.5) is 0 Å². The standard InChI is InChI=1S/C11H12BrN3/c12-10-7-14-11-5-1-4-9(15(10)11)8-3-2-6-13-8/h1,4-5,7-8,13H,2-3,6H2. The minimum absolute atomic E-state index is 0.471. The number of fused-ring (bicyclic) bond motifs is 1. The fraction of sp³-hybridized carbons (Fsp3) is 0.364. The Morgan fingerprint density at radius 2 is 2.40 bits per heavy atom. The molecule has 0 bridgehead atoms. The first-order valence-corrected chi connectivity index (χ1v) is 6.01. The Morgan fingerprint density at radius 3 is 3.20 bits per heavy atom. The van der Waals surface area contributed by atoms with Gasteiger partial charge in [0, 0.05) is 11.7 Å². The molecule has 0 radical (unpaired) electrons. The van der Waals surface area contributed by atoms with E-state index < -0.39 is 0 Å². The van der Waals surface area contributed by atoms with Gasteiger partial charge in [-0.25, -0.2) is 4.98 Å². The van der Waals surface area contributed by atoms with E-state index >= 15 is 0 Å². The molecule has 1 fully saturated rings. The molecule has 0 spiro atoms. The predicted molar refractivity (Wildman–Crippen MR) is 62.9 cm³/mol. The molecule has 2 aromatic rings. The van der Waals surface area contributed by atoms with Gasteiger partial charge in [0.05, 0.1) is 6.20 Å². The fourth-order valence-corrected chi connectivity index (χ4v) is 2.72. The van der Waals surface area contributed by atoms with E-state index in [-0.39, 0.29) is 0 Å². The van der Waals surface area contributed by atoms with Crippen LogP contribution >= 0.6 is 15.9 Å². The molecule has 15 heavy (non-hydrogen) atoms. The van der Waals surface area contributed by atoms with E-state index in [1.54, 1.807) is 0 Å². The SMILES string of the molecule is Brc1cnc2cccc(C3CCCN3)n12. The minimum atomic E-state index is 0.471. The van der Waals surface area contributed by atoms with E-state index in [9.17, 15) is 0 Å². The number of pyridine rings is 1. The van der Waals surface area contributed by atoms with Gasteiger partial charge in [-0.2, -0.15) is 0 Å². The zero-order valence-corrected chi connectivity index (χ0v) is 9.87. The molecule has 3 rings (SSSR count). The molecule has 0 amide bonds. The van der Waals surface area contributed by atoms with Crippen LogP contribution in [0.1, 0.15) is 24.6 Å². The van der Waals surface area contributed by atoms with Gasteiger partial charge in [-0.05, 0) is 47.4 Å². The summed E-state index contributed by atoms with van der Waals surface area (Å²) in [6.07, 6.45) is 4.32. The van der Waals surface area contributed by atoms with Crippen molar-refractivity contribution in [2.75, 3.05) is 6.54 Å². The summed E-state index contributed by atoms with van der Waals surface area (Å²) in [5.41, 5.74) is 2.31. The maximum atomic E-state index is 4.34. The third-order valence-electron chi connectivity index (χ3n) is 2.93. The second-order valence-electron chi connectivity index (χ2n) is 3.87. The first-order chi connectivity index (χ1) is 7.36. The molecule has 78 valence electrons. The number of rotatable bonds is 1. The molecule has 0 aromatic carbocycles. The Hall–Kier alpha value is -0.870. The van der Waals surface area contributed by atoms with Crippen LogP contribution in [0.25, 0.3) is 5.65 Å². The van der Waals surface area contributed by atoms with Crippen molar-refractivity contribution >= 4 is 21.6 Å².